The van der Waals surface area contributed by atoms with E-state index in [9.17, 15) is 0 Å². The highest BCUT2D eigenvalue weighted by atomic mass is 14.2. The van der Waals surface area contributed by atoms with Crippen molar-refractivity contribution in [1.29, 1.82) is 0 Å². The van der Waals surface area contributed by atoms with Crippen LogP contribution >= 0.6 is 0 Å². The average molecular weight is 132 g/mol. The molecule has 4 radical (unpaired) electrons. The number of rotatable bonds is 2. The molecule has 2 heteroatoms. The SMILES string of the molecule is [B]C[C@H]1CCCC[C@@H]1C[B]. The van der Waals surface area contributed by atoms with E-state index < -0.39 is 0 Å². The van der Waals surface area contributed by atoms with Crippen molar-refractivity contribution in [3.8, 4) is 0 Å². The molecule has 1 saturated carbocycles. The van der Waals surface area contributed by atoms with Gasteiger partial charge < -0.3 is 0 Å². The summed E-state index contributed by atoms with van der Waals surface area (Å²) >= 11 is 0. The van der Waals surface area contributed by atoms with Crippen molar-refractivity contribution in [2.45, 2.75) is 38.3 Å². The molecule has 10 heavy (non-hydrogen) atoms. The van der Waals surface area contributed by atoms with Crippen molar-refractivity contribution in [2.24, 2.45) is 11.8 Å². The molecule has 0 saturated heterocycles. The molecule has 0 heterocycles. The van der Waals surface area contributed by atoms with Gasteiger partial charge in [0.2, 0.25) is 0 Å². The van der Waals surface area contributed by atoms with Gasteiger partial charge in [-0.3, -0.25) is 0 Å². The molecule has 1 aliphatic rings. The Balaban J connectivity index is 2.34. The first-order chi connectivity index (χ1) is 4.88. The Bertz CT molecular complexity index is 81.3. The van der Waals surface area contributed by atoms with Gasteiger partial charge in [0.25, 0.3) is 0 Å². The maximum atomic E-state index is 5.61. The average Bonchev–Trinajstić information content (AvgIpc) is 2.04. The first-order valence-electron chi connectivity index (χ1n) is 4.28. The summed E-state index contributed by atoms with van der Waals surface area (Å²) < 4.78 is 0. The van der Waals surface area contributed by atoms with Crippen LogP contribution < -0.4 is 0 Å². The van der Waals surface area contributed by atoms with Crippen LogP contribution in [-0.4, -0.2) is 15.7 Å². The molecule has 0 aromatic rings. The van der Waals surface area contributed by atoms with E-state index in [-0.39, 0.29) is 0 Å². The van der Waals surface area contributed by atoms with Crippen LogP contribution in [0, 0.1) is 11.8 Å². The van der Waals surface area contributed by atoms with Crippen molar-refractivity contribution >= 4 is 15.7 Å². The molecule has 1 rings (SSSR count). The van der Waals surface area contributed by atoms with Crippen LogP contribution in [0.1, 0.15) is 25.7 Å². The first-order valence-corrected chi connectivity index (χ1v) is 4.28. The van der Waals surface area contributed by atoms with E-state index in [0.717, 1.165) is 24.5 Å². The third-order valence-electron chi connectivity index (χ3n) is 2.67. The lowest BCUT2D eigenvalue weighted by Gasteiger charge is -2.30. The highest BCUT2D eigenvalue weighted by molar-refractivity contribution is 6.09. The second-order valence-corrected chi connectivity index (χ2v) is 3.28. The van der Waals surface area contributed by atoms with Crippen LogP contribution in [0.25, 0.3) is 0 Å². The minimum absolute atomic E-state index is 0.721. The first kappa shape index (κ1) is 8.23. The van der Waals surface area contributed by atoms with Gasteiger partial charge in [0.1, 0.15) is 0 Å². The molecule has 2 atom stereocenters. The molecule has 0 unspecified atom stereocenters. The van der Waals surface area contributed by atoms with E-state index in [2.05, 4.69) is 0 Å². The molecule has 0 aromatic heterocycles. The van der Waals surface area contributed by atoms with Gasteiger partial charge in [-0.1, -0.05) is 38.3 Å². The summed E-state index contributed by atoms with van der Waals surface area (Å²) in [5.41, 5.74) is 0. The van der Waals surface area contributed by atoms with Crippen LogP contribution in [0.4, 0.5) is 0 Å². The van der Waals surface area contributed by atoms with E-state index >= 15 is 0 Å². The summed E-state index contributed by atoms with van der Waals surface area (Å²) in [4.78, 5) is 0. The zero-order valence-electron chi connectivity index (χ0n) is 6.55. The summed E-state index contributed by atoms with van der Waals surface area (Å²) in [5, 5.41) is 0. The molecule has 1 fully saturated rings. The molecule has 0 bridgehead atoms. The van der Waals surface area contributed by atoms with E-state index in [1.807, 2.05) is 0 Å². The zero-order chi connectivity index (χ0) is 7.40. The molecular formula is C8H14B2. The fourth-order valence-electron chi connectivity index (χ4n) is 1.91. The highest BCUT2D eigenvalue weighted by Crippen LogP contribution is 2.33. The molecular weight excluding hydrogens is 118 g/mol. The van der Waals surface area contributed by atoms with Gasteiger partial charge in [0.05, 0.1) is 15.7 Å². The molecule has 0 aromatic carbocycles. The highest BCUT2D eigenvalue weighted by Gasteiger charge is 2.20. The van der Waals surface area contributed by atoms with Crippen LogP contribution in [0.3, 0.4) is 0 Å². The summed E-state index contributed by atoms with van der Waals surface area (Å²) in [5.74, 6) is 1.44. The van der Waals surface area contributed by atoms with Crippen molar-refractivity contribution in [3.63, 3.8) is 0 Å². The van der Waals surface area contributed by atoms with Gasteiger partial charge in [-0.25, -0.2) is 0 Å². The monoisotopic (exact) mass is 132 g/mol. The Morgan fingerprint density at radius 3 is 1.60 bits per heavy atom. The van der Waals surface area contributed by atoms with E-state index in [0.29, 0.717) is 0 Å². The number of hydrogen-bond acceptors (Lipinski definition) is 0. The van der Waals surface area contributed by atoms with Gasteiger partial charge >= 0.3 is 0 Å². The van der Waals surface area contributed by atoms with Crippen LogP contribution in [0.5, 0.6) is 0 Å². The lowest BCUT2D eigenvalue weighted by atomic mass is 9.68. The van der Waals surface area contributed by atoms with Gasteiger partial charge in [-0.15, -0.1) is 0 Å². The molecule has 0 aliphatic heterocycles. The summed E-state index contributed by atoms with van der Waals surface area (Å²) in [6.07, 6.45) is 7.00. The van der Waals surface area contributed by atoms with Gasteiger partial charge in [-0.05, 0) is 11.8 Å². The van der Waals surface area contributed by atoms with Crippen LogP contribution in [0.15, 0.2) is 0 Å². The second-order valence-electron chi connectivity index (χ2n) is 3.28. The second kappa shape index (κ2) is 4.10. The van der Waals surface area contributed by atoms with Gasteiger partial charge in [0.15, 0.2) is 0 Å². The standard InChI is InChI=1S/C8H14B2/c9-5-7-3-1-2-4-8(7)6-10/h7-8H,1-6H2/t7-,8-/m1/s1. The van der Waals surface area contributed by atoms with E-state index in [1.165, 1.54) is 25.7 Å². The zero-order valence-corrected chi connectivity index (χ0v) is 6.55. The molecule has 52 valence electrons. The van der Waals surface area contributed by atoms with Crippen LogP contribution in [-0.2, 0) is 0 Å². The molecule has 1 aliphatic carbocycles. The topological polar surface area (TPSA) is 0 Å². The fourth-order valence-corrected chi connectivity index (χ4v) is 1.91. The van der Waals surface area contributed by atoms with Crippen molar-refractivity contribution in [1.82, 2.24) is 0 Å². The minimum Gasteiger partial charge on any atom is -0.0857 e. The molecule has 0 N–H and O–H groups in total. The Labute approximate surface area is 66.6 Å². The maximum absolute atomic E-state index is 5.61. The predicted octanol–water partition coefficient (Wildman–Crippen LogP) is 1.97. The van der Waals surface area contributed by atoms with Gasteiger partial charge in [0, 0.05) is 0 Å². The van der Waals surface area contributed by atoms with Crippen molar-refractivity contribution < 1.29 is 0 Å². The third-order valence-corrected chi connectivity index (χ3v) is 2.67. The summed E-state index contributed by atoms with van der Waals surface area (Å²) in [6, 6.07) is 0. The number of hydrogen-bond donors (Lipinski definition) is 0. The van der Waals surface area contributed by atoms with Gasteiger partial charge in [-0.2, -0.15) is 0 Å². The third kappa shape index (κ3) is 1.81. The Morgan fingerprint density at radius 2 is 1.30 bits per heavy atom. The summed E-state index contributed by atoms with van der Waals surface area (Å²) in [6.45, 7) is 0. The van der Waals surface area contributed by atoms with Crippen LogP contribution in [0.2, 0.25) is 12.6 Å². The molecule has 0 amide bonds. The normalized spacial score (nSPS) is 34.0. The fraction of sp³-hybridized carbons (Fsp3) is 1.00. The lowest BCUT2D eigenvalue weighted by Crippen LogP contribution is -2.18. The summed E-state index contributed by atoms with van der Waals surface area (Å²) in [7, 11) is 11.2. The molecule has 0 spiro atoms. The predicted molar refractivity (Wildman–Crippen MR) is 46.6 cm³/mol. The Kier molecular flexibility index (Phi) is 3.37. The minimum atomic E-state index is 0.721. The maximum Gasteiger partial charge on any atom is 0.0656 e. The van der Waals surface area contributed by atoms with Crippen molar-refractivity contribution in [3.05, 3.63) is 0 Å². The lowest BCUT2D eigenvalue weighted by molar-refractivity contribution is 0.278. The smallest absolute Gasteiger partial charge is 0.0656 e. The molecule has 0 nitrogen and oxygen atoms in total. The van der Waals surface area contributed by atoms with E-state index in [4.69, 9.17) is 15.7 Å². The Morgan fingerprint density at radius 1 is 0.900 bits per heavy atom. The van der Waals surface area contributed by atoms with E-state index in [1.54, 1.807) is 0 Å². The Hall–Kier alpha value is 0.130. The largest absolute Gasteiger partial charge is 0.0857 e. The van der Waals surface area contributed by atoms with Crippen molar-refractivity contribution in [2.75, 3.05) is 0 Å². The quantitative estimate of drug-likeness (QED) is 0.503.